The molecule has 0 atom stereocenters. The van der Waals surface area contributed by atoms with Crippen LogP contribution in [0.1, 0.15) is 12.5 Å². The number of hydrogen-bond donors (Lipinski definition) is 1. The average molecular weight is 356 g/mol. The minimum atomic E-state index is 0.804. The largest absolute Gasteiger partial charge is 0.497 e. The number of nitrogens with zero attached hydrogens (tertiary/aromatic N) is 2. The molecule has 132 valence electrons. The number of methoxy groups -OCH3 is 1. The van der Waals surface area contributed by atoms with Crippen molar-refractivity contribution in [3.63, 3.8) is 0 Å². The topological polar surface area (TPSA) is 27.7 Å². The van der Waals surface area contributed by atoms with Gasteiger partial charge in [-0.1, -0.05) is 19.1 Å². The molecule has 1 saturated heterocycles. The molecular formula is C20H25N3OS. The third kappa shape index (κ3) is 4.42. The fraction of sp³-hybridized carbons (Fsp3) is 0.350. The van der Waals surface area contributed by atoms with Gasteiger partial charge in [0.1, 0.15) is 5.75 Å². The SMILES string of the molecule is CCc1ccc(NC(=S)N2CCN(c3ccc(OC)cc3)CC2)cc1. The molecule has 1 N–H and O–H groups in total. The molecule has 1 fully saturated rings. The van der Waals surface area contributed by atoms with Crippen molar-refractivity contribution in [2.45, 2.75) is 13.3 Å². The van der Waals surface area contributed by atoms with E-state index in [0.29, 0.717) is 0 Å². The van der Waals surface area contributed by atoms with Gasteiger partial charge in [-0.2, -0.15) is 0 Å². The molecule has 2 aromatic carbocycles. The second-order valence-electron chi connectivity index (χ2n) is 6.15. The lowest BCUT2D eigenvalue weighted by molar-refractivity contribution is 0.390. The van der Waals surface area contributed by atoms with E-state index >= 15 is 0 Å². The first-order valence-electron chi connectivity index (χ1n) is 8.73. The number of aryl methyl sites for hydroxylation is 1. The van der Waals surface area contributed by atoms with Gasteiger partial charge in [-0.15, -0.1) is 0 Å². The highest BCUT2D eigenvalue weighted by Gasteiger charge is 2.19. The molecule has 0 radical (unpaired) electrons. The van der Waals surface area contributed by atoms with Crippen LogP contribution in [-0.2, 0) is 6.42 Å². The summed E-state index contributed by atoms with van der Waals surface area (Å²) in [4.78, 5) is 4.62. The van der Waals surface area contributed by atoms with Gasteiger partial charge in [0.05, 0.1) is 7.11 Å². The van der Waals surface area contributed by atoms with Gasteiger partial charge in [0.15, 0.2) is 5.11 Å². The Morgan fingerprint density at radius 2 is 1.64 bits per heavy atom. The van der Waals surface area contributed by atoms with E-state index in [1.165, 1.54) is 11.3 Å². The summed E-state index contributed by atoms with van der Waals surface area (Å²) in [6.07, 6.45) is 1.05. The van der Waals surface area contributed by atoms with Crippen LogP contribution in [0.25, 0.3) is 0 Å². The first-order valence-corrected chi connectivity index (χ1v) is 9.14. The first kappa shape index (κ1) is 17.5. The lowest BCUT2D eigenvalue weighted by Gasteiger charge is -2.37. The summed E-state index contributed by atoms with van der Waals surface area (Å²) in [5.41, 5.74) is 3.62. The number of anilines is 2. The number of hydrogen-bond acceptors (Lipinski definition) is 3. The summed E-state index contributed by atoms with van der Waals surface area (Å²) in [6.45, 7) is 5.93. The van der Waals surface area contributed by atoms with Gasteiger partial charge in [-0.3, -0.25) is 0 Å². The summed E-state index contributed by atoms with van der Waals surface area (Å²) in [5.74, 6) is 0.891. The van der Waals surface area contributed by atoms with Crippen LogP contribution in [0, 0.1) is 0 Å². The summed E-state index contributed by atoms with van der Waals surface area (Å²) in [5, 5.41) is 4.16. The molecule has 3 rings (SSSR count). The molecule has 4 nitrogen and oxygen atoms in total. The van der Waals surface area contributed by atoms with Crippen LogP contribution in [0.2, 0.25) is 0 Å². The Hall–Kier alpha value is -2.27. The van der Waals surface area contributed by atoms with Crippen molar-refractivity contribution in [3.05, 3.63) is 54.1 Å². The van der Waals surface area contributed by atoms with Gasteiger partial charge in [-0.25, -0.2) is 0 Å². The maximum atomic E-state index is 5.59. The lowest BCUT2D eigenvalue weighted by atomic mass is 10.1. The molecule has 1 aliphatic rings. The minimum Gasteiger partial charge on any atom is -0.497 e. The fourth-order valence-corrected chi connectivity index (χ4v) is 3.29. The minimum absolute atomic E-state index is 0.804. The zero-order chi connectivity index (χ0) is 17.6. The second kappa shape index (κ2) is 8.21. The Morgan fingerprint density at radius 1 is 1.00 bits per heavy atom. The van der Waals surface area contributed by atoms with Crippen molar-refractivity contribution in [2.75, 3.05) is 43.5 Å². The Balaban J connectivity index is 1.52. The molecule has 0 bridgehead atoms. The van der Waals surface area contributed by atoms with Crippen molar-refractivity contribution < 1.29 is 4.74 Å². The van der Waals surface area contributed by atoms with E-state index in [1.807, 2.05) is 12.1 Å². The third-order valence-electron chi connectivity index (χ3n) is 4.62. The van der Waals surface area contributed by atoms with Crippen molar-refractivity contribution >= 4 is 28.7 Å². The predicted octanol–water partition coefficient (Wildman–Crippen LogP) is 3.78. The molecule has 25 heavy (non-hydrogen) atoms. The van der Waals surface area contributed by atoms with Gasteiger partial charge in [0.2, 0.25) is 0 Å². The van der Waals surface area contributed by atoms with E-state index in [1.54, 1.807) is 7.11 Å². The van der Waals surface area contributed by atoms with Gasteiger partial charge >= 0.3 is 0 Å². The second-order valence-corrected chi connectivity index (χ2v) is 6.54. The van der Waals surface area contributed by atoms with Crippen molar-refractivity contribution in [1.82, 2.24) is 4.90 Å². The van der Waals surface area contributed by atoms with Crippen LogP contribution in [0.4, 0.5) is 11.4 Å². The van der Waals surface area contributed by atoms with Gasteiger partial charge in [0, 0.05) is 37.6 Å². The zero-order valence-corrected chi connectivity index (χ0v) is 15.7. The Labute approximate surface area is 155 Å². The third-order valence-corrected chi connectivity index (χ3v) is 4.98. The summed E-state index contributed by atoms with van der Waals surface area (Å²) >= 11 is 5.59. The highest BCUT2D eigenvalue weighted by atomic mass is 32.1. The zero-order valence-electron chi connectivity index (χ0n) is 14.9. The number of rotatable bonds is 4. The van der Waals surface area contributed by atoms with Gasteiger partial charge in [-0.05, 0) is 60.6 Å². The number of nitrogens with one attached hydrogen (secondary N) is 1. The molecule has 0 saturated carbocycles. The molecule has 1 heterocycles. The van der Waals surface area contributed by atoms with Crippen LogP contribution in [0.5, 0.6) is 5.75 Å². The summed E-state index contributed by atoms with van der Waals surface area (Å²) < 4.78 is 5.22. The van der Waals surface area contributed by atoms with E-state index in [0.717, 1.165) is 49.1 Å². The monoisotopic (exact) mass is 355 g/mol. The van der Waals surface area contributed by atoms with Crippen molar-refractivity contribution in [2.24, 2.45) is 0 Å². The standard InChI is InChI=1S/C20H25N3OS/c1-3-16-4-6-17(7-5-16)21-20(25)23-14-12-22(13-15-23)18-8-10-19(24-2)11-9-18/h4-11H,3,12-15H2,1-2H3,(H,21,25). The van der Waals surface area contributed by atoms with Crippen molar-refractivity contribution in [1.29, 1.82) is 0 Å². The molecule has 0 amide bonds. The normalized spacial score (nSPS) is 14.3. The van der Waals surface area contributed by atoms with Crippen LogP contribution in [0.15, 0.2) is 48.5 Å². The molecule has 0 aliphatic carbocycles. The van der Waals surface area contributed by atoms with Crippen LogP contribution >= 0.6 is 12.2 Å². The summed E-state index contributed by atoms with van der Waals surface area (Å²) in [7, 11) is 1.69. The quantitative estimate of drug-likeness (QED) is 0.843. The smallest absolute Gasteiger partial charge is 0.173 e. The predicted molar refractivity (Wildman–Crippen MR) is 109 cm³/mol. The Morgan fingerprint density at radius 3 is 2.20 bits per heavy atom. The molecule has 2 aromatic rings. The number of ether oxygens (including phenoxy) is 1. The first-order chi connectivity index (χ1) is 12.2. The van der Waals surface area contributed by atoms with Crippen molar-refractivity contribution in [3.8, 4) is 5.75 Å². The molecular weight excluding hydrogens is 330 g/mol. The summed E-state index contributed by atoms with van der Waals surface area (Å²) in [6, 6.07) is 16.7. The van der Waals surface area contributed by atoms with E-state index in [4.69, 9.17) is 17.0 Å². The number of thiocarbonyl (C=S) groups is 1. The lowest BCUT2D eigenvalue weighted by Crippen LogP contribution is -2.50. The van der Waals surface area contributed by atoms with E-state index in [9.17, 15) is 0 Å². The number of piperazine rings is 1. The average Bonchev–Trinajstić information content (AvgIpc) is 2.69. The van der Waals surface area contributed by atoms with Crippen LogP contribution in [-0.4, -0.2) is 43.3 Å². The molecule has 0 unspecified atom stereocenters. The maximum absolute atomic E-state index is 5.59. The van der Waals surface area contributed by atoms with Gasteiger partial charge in [0.25, 0.3) is 0 Å². The molecule has 5 heteroatoms. The Kier molecular flexibility index (Phi) is 5.76. The molecule has 0 spiro atoms. The molecule has 1 aliphatic heterocycles. The highest BCUT2D eigenvalue weighted by Crippen LogP contribution is 2.21. The molecule has 0 aromatic heterocycles. The van der Waals surface area contributed by atoms with Crippen LogP contribution in [0.3, 0.4) is 0 Å². The van der Waals surface area contributed by atoms with E-state index in [2.05, 4.69) is 58.4 Å². The Bertz CT molecular complexity index is 692. The van der Waals surface area contributed by atoms with E-state index < -0.39 is 0 Å². The van der Waals surface area contributed by atoms with Crippen LogP contribution < -0.4 is 15.0 Å². The maximum Gasteiger partial charge on any atom is 0.173 e. The number of benzene rings is 2. The highest BCUT2D eigenvalue weighted by molar-refractivity contribution is 7.80. The van der Waals surface area contributed by atoms with Gasteiger partial charge < -0.3 is 19.9 Å². The van der Waals surface area contributed by atoms with E-state index in [-0.39, 0.29) is 0 Å². The fourth-order valence-electron chi connectivity index (χ4n) is 2.99.